The molecule has 5 nitrogen and oxygen atoms in total. The summed E-state index contributed by atoms with van der Waals surface area (Å²) in [7, 11) is 1.37. The molecule has 0 saturated carbocycles. The van der Waals surface area contributed by atoms with Crippen LogP contribution >= 0.6 is 0 Å². The van der Waals surface area contributed by atoms with Gasteiger partial charge < -0.3 is 18.8 Å². The lowest BCUT2D eigenvalue weighted by Gasteiger charge is -2.12. The molecule has 98 valence electrons. The van der Waals surface area contributed by atoms with Crippen LogP contribution in [0.15, 0.2) is 43.0 Å². The van der Waals surface area contributed by atoms with Crippen molar-refractivity contribution in [2.45, 2.75) is 12.8 Å². The molecule has 0 spiro atoms. The number of hydrogen-bond donors (Lipinski definition) is 0. The quantitative estimate of drug-likeness (QED) is 0.793. The first-order valence-electron chi connectivity index (χ1n) is 5.91. The van der Waals surface area contributed by atoms with Gasteiger partial charge in [-0.3, -0.25) is 0 Å². The van der Waals surface area contributed by atoms with Gasteiger partial charge in [0.25, 0.3) is 6.29 Å². The predicted molar refractivity (Wildman–Crippen MR) is 68.4 cm³/mol. The first-order chi connectivity index (χ1) is 9.28. The van der Waals surface area contributed by atoms with Gasteiger partial charge in [-0.05, 0) is 23.6 Å². The molecular formula is C14H13NO4. The van der Waals surface area contributed by atoms with E-state index < -0.39 is 0 Å². The molecule has 1 aliphatic heterocycles. The summed E-state index contributed by atoms with van der Waals surface area (Å²) in [5, 5.41) is 1.05. The van der Waals surface area contributed by atoms with Crippen LogP contribution in [0.4, 0.5) is 0 Å². The summed E-state index contributed by atoms with van der Waals surface area (Å²) in [4.78, 5) is 11.5. The van der Waals surface area contributed by atoms with E-state index in [-0.39, 0.29) is 12.3 Å². The third-order valence-electron chi connectivity index (χ3n) is 3.06. The molecule has 0 saturated heterocycles. The Morgan fingerprint density at radius 3 is 2.84 bits per heavy atom. The van der Waals surface area contributed by atoms with Crippen LogP contribution < -0.4 is 0 Å². The Labute approximate surface area is 110 Å². The van der Waals surface area contributed by atoms with Crippen LogP contribution in [0.1, 0.15) is 10.4 Å². The molecule has 5 heteroatoms. The number of fused-ring (bicyclic) bond motifs is 1. The molecule has 0 radical (unpaired) electrons. The molecule has 0 amide bonds. The molecule has 19 heavy (non-hydrogen) atoms. The van der Waals surface area contributed by atoms with Gasteiger partial charge >= 0.3 is 5.97 Å². The molecule has 2 heterocycles. The molecule has 0 fully saturated rings. The Morgan fingerprint density at radius 1 is 1.32 bits per heavy atom. The summed E-state index contributed by atoms with van der Waals surface area (Å²) in [5.74, 6) is -0.343. The highest BCUT2D eigenvalue weighted by Crippen LogP contribution is 2.20. The fourth-order valence-corrected chi connectivity index (χ4v) is 2.11. The van der Waals surface area contributed by atoms with Crippen LogP contribution in [0.2, 0.25) is 0 Å². The van der Waals surface area contributed by atoms with Crippen molar-refractivity contribution in [1.82, 2.24) is 4.57 Å². The number of hydrogen-bond acceptors (Lipinski definition) is 4. The Kier molecular flexibility index (Phi) is 2.87. The Bertz CT molecular complexity index is 636. The second-order valence-electron chi connectivity index (χ2n) is 4.21. The number of rotatable bonds is 3. The van der Waals surface area contributed by atoms with Crippen molar-refractivity contribution in [1.29, 1.82) is 0 Å². The molecule has 1 aromatic heterocycles. The van der Waals surface area contributed by atoms with Crippen molar-refractivity contribution >= 4 is 16.9 Å². The molecule has 0 bridgehead atoms. The van der Waals surface area contributed by atoms with Crippen LogP contribution in [0.3, 0.4) is 0 Å². The minimum atomic E-state index is -0.343. The number of methoxy groups -OCH3 is 1. The summed E-state index contributed by atoms with van der Waals surface area (Å²) in [6.45, 7) is 0.557. The lowest BCUT2D eigenvalue weighted by Crippen LogP contribution is -2.16. The average molecular weight is 259 g/mol. The molecule has 2 aromatic rings. The summed E-state index contributed by atoms with van der Waals surface area (Å²) in [5.41, 5.74) is 1.48. The number of nitrogens with zero attached hydrogens (tertiary/aromatic N) is 1. The monoisotopic (exact) mass is 259 g/mol. The second-order valence-corrected chi connectivity index (χ2v) is 4.21. The van der Waals surface area contributed by atoms with E-state index in [0.717, 1.165) is 10.9 Å². The Hall–Kier alpha value is -2.43. The maximum atomic E-state index is 11.5. The molecule has 1 aliphatic rings. The van der Waals surface area contributed by atoms with Gasteiger partial charge in [0.1, 0.15) is 12.5 Å². The van der Waals surface area contributed by atoms with Gasteiger partial charge in [-0.1, -0.05) is 6.07 Å². The Morgan fingerprint density at radius 2 is 2.11 bits per heavy atom. The zero-order chi connectivity index (χ0) is 13.2. The van der Waals surface area contributed by atoms with E-state index in [2.05, 4.69) is 0 Å². The van der Waals surface area contributed by atoms with Crippen molar-refractivity contribution in [3.63, 3.8) is 0 Å². The number of aromatic nitrogens is 1. The maximum absolute atomic E-state index is 11.5. The van der Waals surface area contributed by atoms with Crippen molar-refractivity contribution in [3.8, 4) is 0 Å². The van der Waals surface area contributed by atoms with E-state index in [4.69, 9.17) is 14.2 Å². The zero-order valence-electron chi connectivity index (χ0n) is 10.4. The summed E-state index contributed by atoms with van der Waals surface area (Å²) >= 11 is 0. The largest absolute Gasteiger partial charge is 0.465 e. The minimum Gasteiger partial charge on any atom is -0.465 e. The van der Waals surface area contributed by atoms with Crippen LogP contribution in [-0.4, -0.2) is 23.9 Å². The summed E-state index contributed by atoms with van der Waals surface area (Å²) in [6.07, 6.45) is 4.67. The van der Waals surface area contributed by atoms with Crippen molar-refractivity contribution in [3.05, 3.63) is 48.5 Å². The van der Waals surface area contributed by atoms with Gasteiger partial charge in [0.05, 0.1) is 19.2 Å². The van der Waals surface area contributed by atoms with Crippen LogP contribution in [0.5, 0.6) is 0 Å². The fraction of sp³-hybridized carbons (Fsp3) is 0.214. The van der Waals surface area contributed by atoms with E-state index in [9.17, 15) is 4.79 Å². The fourth-order valence-electron chi connectivity index (χ4n) is 2.11. The van der Waals surface area contributed by atoms with Crippen LogP contribution in [-0.2, 0) is 20.8 Å². The number of carbonyl (C=O) groups is 1. The van der Waals surface area contributed by atoms with E-state index in [1.807, 2.05) is 29.0 Å². The number of esters is 1. The van der Waals surface area contributed by atoms with Crippen LogP contribution in [0.25, 0.3) is 10.9 Å². The molecule has 0 aliphatic carbocycles. The normalized spacial score (nSPS) is 14.4. The van der Waals surface area contributed by atoms with Crippen molar-refractivity contribution < 1.29 is 19.0 Å². The van der Waals surface area contributed by atoms with Crippen molar-refractivity contribution in [2.75, 3.05) is 7.11 Å². The van der Waals surface area contributed by atoms with Gasteiger partial charge in [0.15, 0.2) is 0 Å². The summed E-state index contributed by atoms with van der Waals surface area (Å²) in [6, 6.07) is 7.44. The lowest BCUT2D eigenvalue weighted by molar-refractivity contribution is -0.0333. The van der Waals surface area contributed by atoms with Gasteiger partial charge in [0, 0.05) is 11.7 Å². The third-order valence-corrected chi connectivity index (χ3v) is 3.06. The van der Waals surface area contributed by atoms with E-state index in [0.29, 0.717) is 12.1 Å². The minimum absolute atomic E-state index is 0.322. The van der Waals surface area contributed by atoms with Gasteiger partial charge in [-0.25, -0.2) is 4.79 Å². The smallest absolute Gasteiger partial charge is 0.337 e. The standard InChI is InChI=1S/C14H13NO4/c1-17-14(16)11-3-2-10-4-5-15(12(10)8-11)9-13-18-6-7-19-13/h2-8,13H,9H2,1H3. The maximum Gasteiger partial charge on any atom is 0.337 e. The lowest BCUT2D eigenvalue weighted by atomic mass is 10.1. The Balaban J connectivity index is 1.93. The molecular weight excluding hydrogens is 246 g/mol. The van der Waals surface area contributed by atoms with E-state index >= 15 is 0 Å². The zero-order valence-corrected chi connectivity index (χ0v) is 10.4. The van der Waals surface area contributed by atoms with E-state index in [1.54, 1.807) is 6.07 Å². The summed E-state index contributed by atoms with van der Waals surface area (Å²) < 4.78 is 17.2. The number of carbonyl (C=O) groups excluding carboxylic acids is 1. The molecule has 0 unspecified atom stereocenters. The molecule has 3 rings (SSSR count). The predicted octanol–water partition coefficient (Wildman–Crippen LogP) is 2.27. The second kappa shape index (κ2) is 4.68. The topological polar surface area (TPSA) is 49.7 Å². The highest BCUT2D eigenvalue weighted by atomic mass is 16.7. The van der Waals surface area contributed by atoms with E-state index in [1.165, 1.54) is 19.6 Å². The highest BCUT2D eigenvalue weighted by Gasteiger charge is 2.15. The van der Waals surface area contributed by atoms with Gasteiger partial charge in [-0.2, -0.15) is 0 Å². The molecule has 0 N–H and O–H groups in total. The SMILES string of the molecule is COC(=O)c1ccc2ccn(CC3OC=CO3)c2c1. The van der Waals surface area contributed by atoms with Crippen LogP contribution in [0, 0.1) is 0 Å². The first kappa shape index (κ1) is 11.6. The van der Waals surface area contributed by atoms with Crippen molar-refractivity contribution in [2.24, 2.45) is 0 Å². The number of ether oxygens (including phenoxy) is 3. The third kappa shape index (κ3) is 2.14. The molecule has 1 aromatic carbocycles. The van der Waals surface area contributed by atoms with Gasteiger partial charge in [0.2, 0.25) is 0 Å². The number of benzene rings is 1. The highest BCUT2D eigenvalue weighted by molar-refractivity contribution is 5.94. The molecule has 0 atom stereocenters. The van der Waals surface area contributed by atoms with Gasteiger partial charge in [-0.15, -0.1) is 0 Å². The average Bonchev–Trinajstić information content (AvgIpc) is 3.08. The first-order valence-corrected chi connectivity index (χ1v) is 5.91.